The van der Waals surface area contributed by atoms with E-state index in [1.54, 1.807) is 0 Å². The number of hydrogen-bond donors (Lipinski definition) is 1. The molecule has 0 amide bonds. The van der Waals surface area contributed by atoms with Crippen LogP contribution in [-0.4, -0.2) is 29.6 Å². The number of thioether (sulfide) groups is 1. The molecular weight excluding hydrogens is 264 g/mol. The molecule has 2 aliphatic rings. The Morgan fingerprint density at radius 3 is 2.80 bits per heavy atom. The van der Waals surface area contributed by atoms with Gasteiger partial charge in [0, 0.05) is 41.9 Å². The van der Waals surface area contributed by atoms with Gasteiger partial charge in [0.15, 0.2) is 0 Å². The van der Waals surface area contributed by atoms with E-state index in [4.69, 9.17) is 0 Å². The second-order valence-corrected chi connectivity index (χ2v) is 7.76. The third-order valence-corrected chi connectivity index (χ3v) is 6.04. The third kappa shape index (κ3) is 3.15. The van der Waals surface area contributed by atoms with Gasteiger partial charge in [-0.2, -0.15) is 11.8 Å². The highest BCUT2D eigenvalue weighted by molar-refractivity contribution is 8.00. The van der Waals surface area contributed by atoms with E-state index < -0.39 is 0 Å². The van der Waals surface area contributed by atoms with Gasteiger partial charge in [0.2, 0.25) is 0 Å². The lowest BCUT2D eigenvalue weighted by Gasteiger charge is -2.39. The van der Waals surface area contributed by atoms with E-state index in [9.17, 15) is 0 Å². The average molecular weight is 290 g/mol. The van der Waals surface area contributed by atoms with Crippen molar-refractivity contribution < 1.29 is 0 Å². The quantitative estimate of drug-likeness (QED) is 0.912. The van der Waals surface area contributed by atoms with Crippen LogP contribution in [0.1, 0.15) is 37.8 Å². The molecule has 3 rings (SSSR count). The lowest BCUT2D eigenvalue weighted by Crippen LogP contribution is -2.44. The first-order valence-electron chi connectivity index (χ1n) is 7.86. The summed E-state index contributed by atoms with van der Waals surface area (Å²) < 4.78 is 0. The summed E-state index contributed by atoms with van der Waals surface area (Å²) in [6.07, 6.45) is 2.72. The van der Waals surface area contributed by atoms with Gasteiger partial charge in [-0.15, -0.1) is 0 Å². The van der Waals surface area contributed by atoms with Crippen molar-refractivity contribution >= 4 is 17.4 Å². The van der Waals surface area contributed by atoms with Crippen molar-refractivity contribution in [3.63, 3.8) is 0 Å². The molecule has 110 valence electrons. The SMILES string of the molecule is Cc1cc(N2CCSC(C)C2C)ccc1CNC1CC1. The highest BCUT2D eigenvalue weighted by Crippen LogP contribution is 2.30. The van der Waals surface area contributed by atoms with Crippen LogP contribution >= 0.6 is 11.8 Å². The van der Waals surface area contributed by atoms with E-state index in [0.717, 1.165) is 17.8 Å². The first-order valence-corrected chi connectivity index (χ1v) is 8.91. The van der Waals surface area contributed by atoms with Crippen molar-refractivity contribution in [1.82, 2.24) is 5.32 Å². The molecule has 1 saturated heterocycles. The zero-order valence-corrected chi connectivity index (χ0v) is 13.7. The van der Waals surface area contributed by atoms with Crippen LogP contribution in [0.15, 0.2) is 18.2 Å². The van der Waals surface area contributed by atoms with Gasteiger partial charge in [-0.1, -0.05) is 13.0 Å². The number of hydrogen-bond acceptors (Lipinski definition) is 3. The number of nitrogens with one attached hydrogen (secondary N) is 1. The van der Waals surface area contributed by atoms with E-state index in [1.807, 2.05) is 0 Å². The minimum atomic E-state index is 0.628. The summed E-state index contributed by atoms with van der Waals surface area (Å²) >= 11 is 2.10. The van der Waals surface area contributed by atoms with Gasteiger partial charge in [-0.05, 0) is 49.9 Å². The Hall–Kier alpha value is -0.670. The Balaban J connectivity index is 1.71. The number of aryl methyl sites for hydroxylation is 1. The van der Waals surface area contributed by atoms with Gasteiger partial charge in [-0.3, -0.25) is 0 Å². The first-order chi connectivity index (χ1) is 9.65. The minimum Gasteiger partial charge on any atom is -0.367 e. The molecule has 20 heavy (non-hydrogen) atoms. The first kappa shape index (κ1) is 14.3. The van der Waals surface area contributed by atoms with E-state index in [0.29, 0.717) is 6.04 Å². The average Bonchev–Trinajstić information content (AvgIpc) is 3.25. The van der Waals surface area contributed by atoms with Crippen LogP contribution in [0.25, 0.3) is 0 Å². The molecule has 2 nitrogen and oxygen atoms in total. The topological polar surface area (TPSA) is 15.3 Å². The predicted molar refractivity (Wildman–Crippen MR) is 89.8 cm³/mol. The second-order valence-electron chi connectivity index (χ2n) is 6.28. The number of rotatable bonds is 4. The summed E-state index contributed by atoms with van der Waals surface area (Å²) in [5.74, 6) is 1.25. The highest BCUT2D eigenvalue weighted by Gasteiger charge is 2.25. The smallest absolute Gasteiger partial charge is 0.0378 e. The Bertz CT molecular complexity index is 470. The molecule has 2 atom stereocenters. The number of nitrogens with zero attached hydrogens (tertiary/aromatic N) is 1. The van der Waals surface area contributed by atoms with E-state index >= 15 is 0 Å². The third-order valence-electron chi connectivity index (χ3n) is 4.70. The molecule has 1 aliphatic heterocycles. The van der Waals surface area contributed by atoms with Crippen LogP contribution in [0.5, 0.6) is 0 Å². The largest absolute Gasteiger partial charge is 0.367 e. The van der Waals surface area contributed by atoms with E-state index in [2.05, 4.69) is 60.9 Å². The molecule has 1 aliphatic carbocycles. The van der Waals surface area contributed by atoms with Crippen molar-refractivity contribution in [2.24, 2.45) is 0 Å². The lowest BCUT2D eigenvalue weighted by molar-refractivity contribution is 0.626. The van der Waals surface area contributed by atoms with E-state index in [1.165, 1.54) is 42.0 Å². The molecule has 0 spiro atoms. The molecule has 1 saturated carbocycles. The van der Waals surface area contributed by atoms with Crippen LogP contribution in [0, 0.1) is 6.92 Å². The summed E-state index contributed by atoms with van der Waals surface area (Å²) in [6, 6.07) is 8.43. The molecule has 0 aromatic heterocycles. The maximum Gasteiger partial charge on any atom is 0.0378 e. The summed E-state index contributed by atoms with van der Waals surface area (Å²) in [6.45, 7) is 9.16. The molecule has 0 bridgehead atoms. The van der Waals surface area contributed by atoms with E-state index in [-0.39, 0.29) is 0 Å². The maximum absolute atomic E-state index is 3.61. The highest BCUT2D eigenvalue weighted by atomic mass is 32.2. The zero-order chi connectivity index (χ0) is 14.1. The summed E-state index contributed by atoms with van der Waals surface area (Å²) in [5.41, 5.74) is 4.28. The summed E-state index contributed by atoms with van der Waals surface area (Å²) in [4.78, 5) is 2.58. The van der Waals surface area contributed by atoms with Gasteiger partial charge in [0.05, 0.1) is 0 Å². The van der Waals surface area contributed by atoms with Crippen molar-refractivity contribution in [2.45, 2.75) is 57.5 Å². The van der Waals surface area contributed by atoms with Crippen LogP contribution in [0.2, 0.25) is 0 Å². The normalized spacial score (nSPS) is 26.9. The van der Waals surface area contributed by atoms with Crippen LogP contribution in [0.4, 0.5) is 5.69 Å². The predicted octanol–water partition coefficient (Wildman–Crippen LogP) is 3.58. The molecule has 2 fully saturated rings. The maximum atomic E-state index is 3.61. The Labute approximate surface area is 127 Å². The van der Waals surface area contributed by atoms with Gasteiger partial charge in [-0.25, -0.2) is 0 Å². The van der Waals surface area contributed by atoms with Gasteiger partial charge >= 0.3 is 0 Å². The zero-order valence-electron chi connectivity index (χ0n) is 12.9. The Morgan fingerprint density at radius 1 is 1.30 bits per heavy atom. The molecule has 1 aromatic rings. The van der Waals surface area contributed by atoms with Crippen LogP contribution in [0.3, 0.4) is 0 Å². The Kier molecular flexibility index (Phi) is 4.27. The molecule has 1 N–H and O–H groups in total. The molecule has 2 unspecified atom stereocenters. The second kappa shape index (κ2) is 5.98. The molecule has 3 heteroatoms. The number of anilines is 1. The fourth-order valence-corrected chi connectivity index (χ4v) is 4.00. The van der Waals surface area contributed by atoms with Gasteiger partial charge < -0.3 is 10.2 Å². The fourth-order valence-electron chi connectivity index (χ4n) is 2.90. The molecule has 0 radical (unpaired) electrons. The number of benzene rings is 1. The molecule has 1 heterocycles. The fraction of sp³-hybridized carbons (Fsp3) is 0.647. The Morgan fingerprint density at radius 2 is 2.10 bits per heavy atom. The molecular formula is C17H26N2S. The summed E-state index contributed by atoms with van der Waals surface area (Å²) in [5, 5.41) is 4.33. The summed E-state index contributed by atoms with van der Waals surface area (Å²) in [7, 11) is 0. The van der Waals surface area contributed by atoms with Crippen LogP contribution < -0.4 is 10.2 Å². The standard InChI is InChI=1S/C17H26N2S/c1-12-10-17(19-8-9-20-14(3)13(19)2)7-4-15(12)11-18-16-5-6-16/h4,7,10,13-14,16,18H,5-6,8-9,11H2,1-3H3. The van der Waals surface area contributed by atoms with Gasteiger partial charge in [0.25, 0.3) is 0 Å². The monoisotopic (exact) mass is 290 g/mol. The molecule has 1 aromatic carbocycles. The van der Waals surface area contributed by atoms with Crippen molar-refractivity contribution in [2.75, 3.05) is 17.2 Å². The van der Waals surface area contributed by atoms with Gasteiger partial charge in [0.1, 0.15) is 0 Å². The van der Waals surface area contributed by atoms with Crippen LogP contribution in [-0.2, 0) is 6.54 Å². The lowest BCUT2D eigenvalue weighted by atomic mass is 10.1. The van der Waals surface area contributed by atoms with Crippen molar-refractivity contribution in [3.05, 3.63) is 29.3 Å². The minimum absolute atomic E-state index is 0.628. The van der Waals surface area contributed by atoms with Crippen molar-refractivity contribution in [1.29, 1.82) is 0 Å². The van der Waals surface area contributed by atoms with Crippen molar-refractivity contribution in [3.8, 4) is 0 Å².